The molecule has 3 N–H and O–H groups in total. The van der Waals surface area contributed by atoms with Crippen molar-refractivity contribution in [1.82, 2.24) is 10.6 Å². The average molecular weight is 424 g/mol. The van der Waals surface area contributed by atoms with Crippen molar-refractivity contribution in [3.8, 4) is 11.1 Å². The van der Waals surface area contributed by atoms with Crippen molar-refractivity contribution in [1.29, 1.82) is 0 Å². The molecular formula is C24H28N2O5. The fourth-order valence-electron chi connectivity index (χ4n) is 3.92. The number of hydrogen-bond acceptors (Lipinski definition) is 4. The number of carbonyl (C=O) groups excluding carboxylic acids is 2. The molecule has 1 aliphatic carbocycles. The molecule has 2 aromatic rings. The van der Waals surface area contributed by atoms with Gasteiger partial charge < -0.3 is 20.5 Å². The maximum atomic E-state index is 12.3. The van der Waals surface area contributed by atoms with E-state index in [4.69, 9.17) is 4.74 Å². The summed E-state index contributed by atoms with van der Waals surface area (Å²) in [4.78, 5) is 35.6. The first-order valence-electron chi connectivity index (χ1n) is 10.4. The normalized spacial score (nSPS) is 14.3. The monoisotopic (exact) mass is 424 g/mol. The lowest BCUT2D eigenvalue weighted by molar-refractivity contribution is -0.143. The van der Waals surface area contributed by atoms with Crippen molar-refractivity contribution in [3.05, 3.63) is 59.7 Å². The van der Waals surface area contributed by atoms with Crippen LogP contribution in [0.3, 0.4) is 0 Å². The summed E-state index contributed by atoms with van der Waals surface area (Å²) in [7, 11) is 0. The van der Waals surface area contributed by atoms with Gasteiger partial charge in [0.25, 0.3) is 0 Å². The van der Waals surface area contributed by atoms with Crippen LogP contribution < -0.4 is 10.6 Å². The summed E-state index contributed by atoms with van der Waals surface area (Å²) in [5, 5.41) is 14.3. The molecule has 2 aromatic carbocycles. The standard InChI is InChI=1S/C24H28N2O5/c1-14(2)22(23(28)29)26-21(27)12-15(3)25-24(30)31-13-20-18-10-6-4-8-16(18)17-9-5-7-11-19(17)20/h4-11,14-15,20,22H,12-13H2,1-3H3,(H,25,30)(H,26,27)(H,28,29)/t15?,22-/m1/s1. The molecule has 0 aliphatic heterocycles. The van der Waals surface area contributed by atoms with Gasteiger partial charge in [0.05, 0.1) is 0 Å². The Morgan fingerprint density at radius 2 is 1.48 bits per heavy atom. The van der Waals surface area contributed by atoms with Gasteiger partial charge in [-0.25, -0.2) is 9.59 Å². The maximum absolute atomic E-state index is 12.3. The van der Waals surface area contributed by atoms with Gasteiger partial charge in [-0.15, -0.1) is 0 Å². The van der Waals surface area contributed by atoms with E-state index in [9.17, 15) is 19.5 Å². The Hall–Kier alpha value is -3.35. The Morgan fingerprint density at radius 3 is 2.00 bits per heavy atom. The highest BCUT2D eigenvalue weighted by Crippen LogP contribution is 2.44. The van der Waals surface area contributed by atoms with E-state index in [1.807, 2.05) is 36.4 Å². The van der Waals surface area contributed by atoms with Crippen LogP contribution in [0.1, 0.15) is 44.2 Å². The molecule has 0 saturated heterocycles. The lowest BCUT2D eigenvalue weighted by Crippen LogP contribution is -2.46. The highest BCUT2D eigenvalue weighted by molar-refractivity contribution is 5.84. The van der Waals surface area contributed by atoms with Gasteiger partial charge >= 0.3 is 12.1 Å². The molecule has 3 rings (SSSR count). The van der Waals surface area contributed by atoms with Crippen LogP contribution in [-0.4, -0.2) is 41.8 Å². The molecule has 0 saturated carbocycles. The summed E-state index contributed by atoms with van der Waals surface area (Å²) in [5.74, 6) is -1.81. The smallest absolute Gasteiger partial charge is 0.407 e. The lowest BCUT2D eigenvalue weighted by Gasteiger charge is -2.20. The van der Waals surface area contributed by atoms with Crippen LogP contribution in [0.25, 0.3) is 11.1 Å². The molecule has 7 nitrogen and oxygen atoms in total. The van der Waals surface area contributed by atoms with Crippen molar-refractivity contribution in [2.45, 2.75) is 45.2 Å². The van der Waals surface area contributed by atoms with Gasteiger partial charge in [0, 0.05) is 18.4 Å². The molecule has 1 aliphatic rings. The van der Waals surface area contributed by atoms with E-state index in [1.165, 1.54) is 0 Å². The van der Waals surface area contributed by atoms with E-state index in [0.29, 0.717) is 0 Å². The first kappa shape index (κ1) is 22.3. The Balaban J connectivity index is 1.54. The summed E-state index contributed by atoms with van der Waals surface area (Å²) < 4.78 is 5.47. The van der Waals surface area contributed by atoms with E-state index in [-0.39, 0.29) is 24.9 Å². The summed E-state index contributed by atoms with van der Waals surface area (Å²) >= 11 is 0. The van der Waals surface area contributed by atoms with Crippen molar-refractivity contribution >= 4 is 18.0 Å². The van der Waals surface area contributed by atoms with Crippen molar-refractivity contribution in [2.24, 2.45) is 5.92 Å². The van der Waals surface area contributed by atoms with E-state index in [1.54, 1.807) is 20.8 Å². The summed E-state index contributed by atoms with van der Waals surface area (Å²) in [6.07, 6.45) is -0.651. The molecular weight excluding hydrogens is 396 g/mol. The minimum atomic E-state index is -1.08. The van der Waals surface area contributed by atoms with Gasteiger partial charge in [0.1, 0.15) is 12.6 Å². The molecule has 0 aromatic heterocycles. The first-order valence-corrected chi connectivity index (χ1v) is 10.4. The molecule has 0 heterocycles. The van der Waals surface area contributed by atoms with Gasteiger partial charge in [-0.05, 0) is 35.1 Å². The quantitative estimate of drug-likeness (QED) is 0.601. The third-order valence-corrected chi connectivity index (χ3v) is 5.45. The van der Waals surface area contributed by atoms with Crippen molar-refractivity contribution in [2.75, 3.05) is 6.61 Å². The average Bonchev–Trinajstić information content (AvgIpc) is 3.04. The number of fused-ring (bicyclic) bond motifs is 3. The van der Waals surface area contributed by atoms with Gasteiger partial charge in [0.2, 0.25) is 5.91 Å². The number of nitrogens with one attached hydrogen (secondary N) is 2. The Kier molecular flexibility index (Phi) is 6.95. The van der Waals surface area contributed by atoms with Crippen molar-refractivity contribution < 1.29 is 24.2 Å². The fourth-order valence-corrected chi connectivity index (χ4v) is 3.92. The third kappa shape index (κ3) is 5.23. The zero-order valence-electron chi connectivity index (χ0n) is 17.9. The number of amides is 2. The van der Waals surface area contributed by atoms with Gasteiger partial charge in [-0.2, -0.15) is 0 Å². The van der Waals surface area contributed by atoms with E-state index >= 15 is 0 Å². The van der Waals surface area contributed by atoms with Crippen LogP contribution in [0, 0.1) is 5.92 Å². The third-order valence-electron chi connectivity index (χ3n) is 5.45. The molecule has 31 heavy (non-hydrogen) atoms. The zero-order valence-corrected chi connectivity index (χ0v) is 17.9. The summed E-state index contributed by atoms with van der Waals surface area (Å²) in [6.45, 7) is 5.30. The molecule has 0 radical (unpaired) electrons. The first-order chi connectivity index (χ1) is 14.8. The zero-order chi connectivity index (χ0) is 22.5. The molecule has 0 bridgehead atoms. The van der Waals surface area contributed by atoms with E-state index < -0.39 is 30.1 Å². The Morgan fingerprint density at radius 1 is 0.935 bits per heavy atom. The Bertz CT molecular complexity index is 926. The van der Waals surface area contributed by atoms with Gasteiger partial charge in [0.15, 0.2) is 0 Å². The molecule has 0 spiro atoms. The number of hydrogen-bond donors (Lipinski definition) is 3. The van der Waals surface area contributed by atoms with E-state index in [2.05, 4.69) is 22.8 Å². The predicted molar refractivity (Wildman–Crippen MR) is 117 cm³/mol. The van der Waals surface area contributed by atoms with Crippen LogP contribution in [0.15, 0.2) is 48.5 Å². The molecule has 7 heteroatoms. The number of aliphatic carboxylic acids is 1. The topological polar surface area (TPSA) is 105 Å². The minimum Gasteiger partial charge on any atom is -0.480 e. The molecule has 2 atom stereocenters. The predicted octanol–water partition coefficient (Wildman–Crippen LogP) is 3.53. The lowest BCUT2D eigenvalue weighted by atomic mass is 9.98. The van der Waals surface area contributed by atoms with Gasteiger partial charge in [-0.1, -0.05) is 62.4 Å². The van der Waals surface area contributed by atoms with Crippen LogP contribution in [0.4, 0.5) is 4.79 Å². The second-order valence-electron chi connectivity index (χ2n) is 8.20. The number of alkyl carbamates (subject to hydrolysis) is 1. The number of ether oxygens (including phenoxy) is 1. The molecule has 164 valence electrons. The van der Waals surface area contributed by atoms with Gasteiger partial charge in [-0.3, -0.25) is 4.79 Å². The highest BCUT2D eigenvalue weighted by atomic mass is 16.5. The summed E-state index contributed by atoms with van der Waals surface area (Å²) in [5.41, 5.74) is 4.54. The Labute approximate surface area is 181 Å². The highest BCUT2D eigenvalue weighted by Gasteiger charge is 2.29. The number of rotatable bonds is 8. The second kappa shape index (κ2) is 9.64. The van der Waals surface area contributed by atoms with Crippen LogP contribution in [0.5, 0.6) is 0 Å². The van der Waals surface area contributed by atoms with Crippen LogP contribution >= 0.6 is 0 Å². The largest absolute Gasteiger partial charge is 0.480 e. The SMILES string of the molecule is CC(CC(=O)N[C@@H](C(=O)O)C(C)C)NC(=O)OCC1c2ccccc2-c2ccccc21. The number of benzene rings is 2. The second-order valence-corrected chi connectivity index (χ2v) is 8.20. The number of carboxylic acids is 1. The van der Waals surface area contributed by atoms with E-state index in [0.717, 1.165) is 22.3 Å². The fraction of sp³-hybridized carbons (Fsp3) is 0.375. The van der Waals surface area contributed by atoms with Crippen molar-refractivity contribution in [3.63, 3.8) is 0 Å². The number of carboxylic acid groups (broad SMARTS) is 1. The molecule has 2 amide bonds. The van der Waals surface area contributed by atoms with Crippen LogP contribution in [0.2, 0.25) is 0 Å². The molecule has 1 unspecified atom stereocenters. The number of carbonyl (C=O) groups is 3. The maximum Gasteiger partial charge on any atom is 0.407 e. The minimum absolute atomic E-state index is 0.0410. The molecule has 0 fully saturated rings. The summed E-state index contributed by atoms with van der Waals surface area (Å²) in [6, 6.07) is 14.7. The van der Waals surface area contributed by atoms with Crippen LogP contribution in [-0.2, 0) is 14.3 Å².